The van der Waals surface area contributed by atoms with Gasteiger partial charge in [-0.05, 0) is 117 Å². The van der Waals surface area contributed by atoms with Crippen molar-refractivity contribution in [2.45, 2.75) is 65.5 Å². The third-order valence-electron chi connectivity index (χ3n) is 13.9. The minimum atomic E-state index is -0.436. The van der Waals surface area contributed by atoms with Gasteiger partial charge in [-0.2, -0.15) is 4.98 Å². The van der Waals surface area contributed by atoms with Crippen LogP contribution < -0.4 is 5.69 Å². The molecule has 1 N–H and O–H groups in total. The van der Waals surface area contributed by atoms with Crippen LogP contribution in [0.2, 0.25) is 0 Å². The molecule has 1 unspecified atom stereocenters. The van der Waals surface area contributed by atoms with Crippen molar-refractivity contribution in [3.63, 3.8) is 0 Å². The molecule has 66 heavy (non-hydrogen) atoms. The Morgan fingerprint density at radius 2 is 1.24 bits per heavy atom. The van der Waals surface area contributed by atoms with Gasteiger partial charge in [0.05, 0.1) is 31.2 Å². The number of pyridine rings is 2. The van der Waals surface area contributed by atoms with Gasteiger partial charge >= 0.3 is 5.69 Å². The number of allylic oxidation sites excluding steroid dienone is 1. The van der Waals surface area contributed by atoms with Crippen molar-refractivity contribution in [2.24, 2.45) is 11.8 Å². The van der Waals surface area contributed by atoms with Crippen LogP contribution in [0.1, 0.15) is 71.1 Å². The summed E-state index contributed by atoms with van der Waals surface area (Å²) in [6, 6.07) is 20.4. The predicted octanol–water partition coefficient (Wildman–Crippen LogP) is 8.25. The minimum absolute atomic E-state index is 0.389. The highest BCUT2D eigenvalue weighted by Crippen LogP contribution is 2.40. The van der Waals surface area contributed by atoms with Crippen LogP contribution in [0.25, 0.3) is 50.7 Å². The van der Waals surface area contributed by atoms with Crippen molar-refractivity contribution in [2.75, 3.05) is 32.7 Å². The molecule has 0 amide bonds. The van der Waals surface area contributed by atoms with E-state index >= 15 is 0 Å². The van der Waals surface area contributed by atoms with E-state index in [0.717, 1.165) is 46.6 Å². The number of nitrogens with one attached hydrogen (secondary N) is 1. The summed E-state index contributed by atoms with van der Waals surface area (Å²) in [7, 11) is 0. The second-order valence-electron chi connectivity index (χ2n) is 18.3. The quantitative estimate of drug-likeness (QED) is 0.159. The Morgan fingerprint density at radius 3 is 1.80 bits per heavy atom. The topological polar surface area (TPSA) is 139 Å². The van der Waals surface area contributed by atoms with E-state index in [-0.39, 0.29) is 5.82 Å². The molecule has 334 valence electrons. The second kappa shape index (κ2) is 17.1. The molecule has 12 heterocycles. The first-order chi connectivity index (χ1) is 32.1. The Balaban J connectivity index is 0.000000146. The molecule has 13 nitrogen and oxygen atoms in total. The summed E-state index contributed by atoms with van der Waals surface area (Å²) >= 11 is 0. The molecule has 4 saturated heterocycles. The lowest BCUT2D eigenvalue weighted by Gasteiger charge is -2.45. The number of aromatic amines is 1. The van der Waals surface area contributed by atoms with Crippen LogP contribution in [-0.4, -0.2) is 91.5 Å². The van der Waals surface area contributed by atoms with Crippen LogP contribution in [0.15, 0.2) is 96.4 Å². The van der Waals surface area contributed by atoms with E-state index in [2.05, 4.69) is 94.4 Å². The minimum Gasteiger partial charge on any atom is -0.377 e. The Hall–Kier alpha value is -7.00. The fourth-order valence-corrected chi connectivity index (χ4v) is 10.6. The number of piperidine rings is 4. The monoisotopic (exact) mass is 884 g/mol. The third kappa shape index (κ3) is 8.05. The SMILES string of the molecule is Cc1[nH]c(=O)nc2c1nc(-c1cncc(F)c1)n2Cc1ccc(C2CN3CCC2CC3)cc1.Cc1nc(C)c2nc(-c3cncc(F)c3)n(Cc3ccc(C4=CN5CCC4CC5)cc3)c2n1. The highest BCUT2D eigenvalue weighted by atomic mass is 19.1. The molecule has 6 aromatic heterocycles. The molecule has 14 rings (SSSR count). The first-order valence-electron chi connectivity index (χ1n) is 22.9. The van der Waals surface area contributed by atoms with Crippen molar-refractivity contribution < 1.29 is 8.78 Å². The smallest absolute Gasteiger partial charge is 0.347 e. The molecule has 1 atom stereocenters. The molecular weight excluding hydrogens is 835 g/mol. The maximum absolute atomic E-state index is 14.0. The third-order valence-corrected chi connectivity index (χ3v) is 13.9. The van der Waals surface area contributed by atoms with Gasteiger partial charge in [-0.3, -0.25) is 9.97 Å². The van der Waals surface area contributed by atoms with Crippen molar-refractivity contribution in [3.8, 4) is 22.8 Å². The van der Waals surface area contributed by atoms with E-state index in [1.165, 1.54) is 86.9 Å². The summed E-state index contributed by atoms with van der Waals surface area (Å²) in [5, 5.41) is 0. The highest BCUT2D eigenvalue weighted by molar-refractivity contribution is 5.80. The molecule has 6 aliphatic heterocycles. The number of halogens is 2. The molecule has 2 aromatic carbocycles. The summed E-state index contributed by atoms with van der Waals surface area (Å²) in [6.45, 7) is 12.6. The van der Waals surface area contributed by atoms with Crippen molar-refractivity contribution in [3.05, 3.63) is 153 Å². The Labute approximate surface area is 380 Å². The van der Waals surface area contributed by atoms with Gasteiger partial charge in [-0.1, -0.05) is 48.5 Å². The molecule has 6 aliphatic rings. The Kier molecular flexibility index (Phi) is 10.8. The van der Waals surface area contributed by atoms with Crippen LogP contribution in [0.3, 0.4) is 0 Å². The number of hydrogen-bond acceptors (Lipinski definition) is 10. The number of nitrogens with zero attached hydrogens (tertiary/aromatic N) is 11. The summed E-state index contributed by atoms with van der Waals surface area (Å²) in [4.78, 5) is 50.6. The number of benzene rings is 2. The number of imidazole rings is 2. The Morgan fingerprint density at radius 1 is 0.652 bits per heavy atom. The maximum Gasteiger partial charge on any atom is 0.347 e. The zero-order valence-corrected chi connectivity index (χ0v) is 37.3. The van der Waals surface area contributed by atoms with Gasteiger partial charge in [0, 0.05) is 55.0 Å². The van der Waals surface area contributed by atoms with Gasteiger partial charge in [0.25, 0.3) is 0 Å². The zero-order valence-electron chi connectivity index (χ0n) is 37.3. The number of aromatic nitrogens is 10. The van der Waals surface area contributed by atoms with Crippen LogP contribution in [0.5, 0.6) is 0 Å². The number of aryl methyl sites for hydroxylation is 3. The number of rotatable bonds is 8. The van der Waals surface area contributed by atoms with E-state index in [0.29, 0.717) is 70.4 Å². The summed E-state index contributed by atoms with van der Waals surface area (Å²) < 4.78 is 31.8. The zero-order chi connectivity index (χ0) is 45.1. The average molecular weight is 885 g/mol. The average Bonchev–Trinajstić information content (AvgIpc) is 3.88. The van der Waals surface area contributed by atoms with Crippen molar-refractivity contribution in [1.29, 1.82) is 0 Å². The number of fused-ring (bicyclic) bond motifs is 7. The highest BCUT2D eigenvalue weighted by Gasteiger charge is 2.35. The normalized spacial score (nSPS) is 19.1. The van der Waals surface area contributed by atoms with Crippen LogP contribution >= 0.6 is 0 Å². The van der Waals surface area contributed by atoms with Gasteiger partial charge in [-0.25, -0.2) is 33.5 Å². The molecule has 0 spiro atoms. The van der Waals surface area contributed by atoms with Crippen molar-refractivity contribution >= 4 is 27.9 Å². The lowest BCUT2D eigenvalue weighted by Crippen LogP contribution is -2.46. The van der Waals surface area contributed by atoms with Gasteiger partial charge in [0.2, 0.25) is 0 Å². The second-order valence-corrected chi connectivity index (χ2v) is 18.3. The van der Waals surface area contributed by atoms with Gasteiger partial charge in [0.1, 0.15) is 40.1 Å². The fourth-order valence-electron chi connectivity index (χ4n) is 10.6. The van der Waals surface area contributed by atoms with Gasteiger partial charge in [0.15, 0.2) is 11.3 Å². The van der Waals surface area contributed by atoms with Crippen LogP contribution in [0.4, 0.5) is 8.78 Å². The number of H-pyrrole nitrogens is 1. The standard InChI is InChI=1S/C26H25FN6.C25H25FN6O/c1-16-24-26(30-17(2)29-16)33(25(31-24)21-11-22(27)13-28-12-21)14-18-3-5-19(6-4-18)23-15-32-9-7-20(23)8-10-32;1-15-22-24(30-25(33)28-15)32(23(29-22)19-10-20(26)12-27-11-19)13-16-2-4-17(5-3-16)21-14-31-8-6-18(21)7-9-31/h3-6,11-13,15,20H,7-10,14H2,1-2H3;2-5,10-12,18,21H,6-9,13-14H2,1H3,(H,28,30,33). The van der Waals surface area contributed by atoms with Crippen molar-refractivity contribution in [1.82, 2.24) is 58.8 Å². The van der Waals surface area contributed by atoms with E-state index in [1.807, 2.05) is 23.0 Å². The Bertz CT molecular complexity index is 3200. The molecular formula is C51H50F2N12O. The molecule has 4 bridgehead atoms. The lowest BCUT2D eigenvalue weighted by molar-refractivity contribution is 0.0871. The fraction of sp³-hybridized carbons (Fsp3) is 0.333. The lowest BCUT2D eigenvalue weighted by atomic mass is 9.75. The van der Waals surface area contributed by atoms with E-state index < -0.39 is 11.5 Å². The van der Waals surface area contributed by atoms with Crippen LogP contribution in [-0.2, 0) is 13.1 Å². The van der Waals surface area contributed by atoms with E-state index in [1.54, 1.807) is 19.3 Å². The molecule has 0 saturated carbocycles. The summed E-state index contributed by atoms with van der Waals surface area (Å²) in [5.41, 5.74) is 11.1. The van der Waals surface area contributed by atoms with E-state index in [9.17, 15) is 13.6 Å². The first-order valence-corrected chi connectivity index (χ1v) is 22.9. The molecule has 8 aromatic rings. The van der Waals surface area contributed by atoms with Crippen LogP contribution in [0, 0.1) is 44.2 Å². The molecule has 15 heteroatoms. The van der Waals surface area contributed by atoms with Gasteiger partial charge < -0.3 is 23.9 Å². The predicted molar refractivity (Wildman–Crippen MR) is 249 cm³/mol. The largest absolute Gasteiger partial charge is 0.377 e. The molecule has 0 aliphatic carbocycles. The first kappa shape index (κ1) is 41.7. The number of hydrogen-bond donors (Lipinski definition) is 1. The summed E-state index contributed by atoms with van der Waals surface area (Å²) in [5.74, 6) is 3.10. The van der Waals surface area contributed by atoms with Gasteiger partial charge in [-0.15, -0.1) is 0 Å². The molecule has 0 radical (unpaired) electrons. The summed E-state index contributed by atoms with van der Waals surface area (Å²) in [6.07, 6.45) is 13.0. The molecule has 4 fully saturated rings. The van der Waals surface area contributed by atoms with E-state index in [4.69, 9.17) is 9.97 Å². The maximum atomic E-state index is 14.0.